The summed E-state index contributed by atoms with van der Waals surface area (Å²) >= 11 is 0. The number of carboxylic acids is 2. The van der Waals surface area contributed by atoms with Gasteiger partial charge in [0.25, 0.3) is 0 Å². The molecule has 1 unspecified atom stereocenters. The Morgan fingerprint density at radius 3 is 2.12 bits per heavy atom. The molecule has 3 rings (SSSR count). The lowest BCUT2D eigenvalue weighted by Crippen LogP contribution is -2.18. The van der Waals surface area contributed by atoms with Crippen molar-refractivity contribution >= 4 is 17.6 Å². The fraction of sp³-hybridized carbons (Fsp3) is 0.391. The number of rotatable bonds is 6. The Morgan fingerprint density at radius 1 is 1.00 bits per heavy atom. The van der Waals surface area contributed by atoms with E-state index in [9.17, 15) is 27.2 Å². The molecule has 1 heterocycles. The minimum Gasteiger partial charge on any atom is -0.481 e. The highest BCUT2D eigenvalue weighted by Crippen LogP contribution is 2.40. The van der Waals surface area contributed by atoms with Crippen molar-refractivity contribution in [3.63, 3.8) is 0 Å². The van der Waals surface area contributed by atoms with Gasteiger partial charge in [-0.05, 0) is 67.7 Å². The summed E-state index contributed by atoms with van der Waals surface area (Å²) in [5, 5.41) is 22.1. The van der Waals surface area contributed by atoms with Gasteiger partial charge in [-0.25, -0.2) is 4.39 Å². The van der Waals surface area contributed by atoms with E-state index in [-0.39, 0.29) is 30.4 Å². The number of carbonyl (C=O) groups is 2. The third-order valence-electron chi connectivity index (χ3n) is 5.12. The molecule has 180 valence electrons. The highest BCUT2D eigenvalue weighted by molar-refractivity contribution is 5.75. The normalized spacial score (nSPS) is 14.2. The van der Waals surface area contributed by atoms with Crippen LogP contribution < -0.4 is 10.6 Å². The molecule has 1 aliphatic rings. The van der Waals surface area contributed by atoms with Crippen LogP contribution in [0.4, 0.5) is 23.2 Å². The second-order valence-electron chi connectivity index (χ2n) is 7.58. The maximum Gasteiger partial charge on any atom is 0.418 e. The fourth-order valence-electron chi connectivity index (χ4n) is 3.44. The lowest BCUT2D eigenvalue weighted by Gasteiger charge is -2.24. The molecule has 1 aliphatic heterocycles. The Balaban J connectivity index is 0.000000414. The number of hydrogen-bond acceptors (Lipinski definition) is 4. The van der Waals surface area contributed by atoms with E-state index >= 15 is 0 Å². The van der Waals surface area contributed by atoms with Crippen LogP contribution in [-0.4, -0.2) is 35.2 Å². The van der Waals surface area contributed by atoms with E-state index in [1.807, 2.05) is 0 Å². The molecule has 0 radical (unpaired) electrons. The lowest BCUT2D eigenvalue weighted by atomic mass is 9.95. The number of aliphatic carboxylic acids is 2. The summed E-state index contributed by atoms with van der Waals surface area (Å²) in [5.41, 5.74) is 1.88. The van der Waals surface area contributed by atoms with Crippen LogP contribution in [0.15, 0.2) is 36.4 Å². The molecular weight excluding hydrogens is 444 g/mol. The van der Waals surface area contributed by atoms with Gasteiger partial charge in [0.2, 0.25) is 0 Å². The summed E-state index contributed by atoms with van der Waals surface area (Å²) in [5.74, 6) is -2.52. The van der Waals surface area contributed by atoms with Gasteiger partial charge in [-0.15, -0.1) is 0 Å². The first kappa shape index (κ1) is 26.1. The summed E-state index contributed by atoms with van der Waals surface area (Å²) in [6, 6.07) is 8.17. The molecule has 10 heteroatoms. The molecule has 1 atom stereocenters. The molecule has 6 nitrogen and oxygen atoms in total. The van der Waals surface area contributed by atoms with Gasteiger partial charge < -0.3 is 20.8 Å². The van der Waals surface area contributed by atoms with Gasteiger partial charge in [0.05, 0.1) is 24.1 Å². The molecule has 4 N–H and O–H groups in total. The Morgan fingerprint density at radius 2 is 1.58 bits per heavy atom. The highest BCUT2D eigenvalue weighted by atomic mass is 19.4. The van der Waals surface area contributed by atoms with Crippen LogP contribution in [-0.2, 0) is 28.6 Å². The van der Waals surface area contributed by atoms with Crippen LogP contribution in [0.3, 0.4) is 0 Å². The van der Waals surface area contributed by atoms with Crippen LogP contribution in [0.5, 0.6) is 0 Å². The van der Waals surface area contributed by atoms with Gasteiger partial charge in [-0.1, -0.05) is 18.2 Å². The third-order valence-corrected chi connectivity index (χ3v) is 5.12. The van der Waals surface area contributed by atoms with Crippen LogP contribution in [0.2, 0.25) is 0 Å². The first-order valence-corrected chi connectivity index (χ1v) is 10.4. The van der Waals surface area contributed by atoms with E-state index in [0.717, 1.165) is 23.7 Å². The predicted molar refractivity (Wildman–Crippen MR) is 115 cm³/mol. The highest BCUT2D eigenvalue weighted by Gasteiger charge is 2.35. The maximum absolute atomic E-state index is 13.5. The van der Waals surface area contributed by atoms with E-state index in [1.165, 1.54) is 12.1 Å². The SMILES string of the molecule is CC(Nc1c(C(F)(F)F)ccc2c1CCNCC2)c1ccc(F)cc1.O=C(O)CCC(=O)O. The maximum atomic E-state index is 13.5. The molecular formula is C23H26F4N2O4. The smallest absolute Gasteiger partial charge is 0.418 e. The third kappa shape index (κ3) is 8.05. The Kier molecular flexibility index (Phi) is 9.22. The first-order chi connectivity index (χ1) is 15.5. The molecule has 2 aromatic rings. The molecule has 0 fully saturated rings. The number of carboxylic acid groups (broad SMARTS) is 2. The van der Waals surface area contributed by atoms with Crippen LogP contribution in [0, 0.1) is 5.82 Å². The van der Waals surface area contributed by atoms with E-state index in [2.05, 4.69) is 10.6 Å². The molecule has 0 amide bonds. The summed E-state index contributed by atoms with van der Waals surface area (Å²) in [6.07, 6.45) is -3.78. The molecule has 0 aromatic heterocycles. The number of benzene rings is 2. The summed E-state index contributed by atoms with van der Waals surface area (Å²) in [6.45, 7) is 3.18. The van der Waals surface area contributed by atoms with E-state index in [1.54, 1.807) is 25.1 Å². The molecule has 0 bridgehead atoms. The number of hydrogen-bond donors (Lipinski definition) is 4. The Bertz CT molecular complexity index is 948. The van der Waals surface area contributed by atoms with Crippen molar-refractivity contribution in [2.24, 2.45) is 0 Å². The quantitative estimate of drug-likeness (QED) is 0.459. The fourth-order valence-corrected chi connectivity index (χ4v) is 3.44. The largest absolute Gasteiger partial charge is 0.481 e. The number of anilines is 1. The lowest BCUT2D eigenvalue weighted by molar-refractivity contribution is -0.143. The minimum absolute atomic E-state index is 0.144. The van der Waals surface area contributed by atoms with Crippen molar-refractivity contribution in [3.05, 3.63) is 64.5 Å². The summed E-state index contributed by atoms with van der Waals surface area (Å²) < 4.78 is 53.7. The molecule has 33 heavy (non-hydrogen) atoms. The van der Waals surface area contributed by atoms with Crippen molar-refractivity contribution in [2.45, 2.75) is 44.8 Å². The van der Waals surface area contributed by atoms with Crippen molar-refractivity contribution in [3.8, 4) is 0 Å². The molecule has 0 aliphatic carbocycles. The Hall–Kier alpha value is -3.14. The zero-order valence-corrected chi connectivity index (χ0v) is 18.0. The van der Waals surface area contributed by atoms with Gasteiger partial charge in [0, 0.05) is 6.04 Å². The van der Waals surface area contributed by atoms with Gasteiger partial charge in [-0.3, -0.25) is 9.59 Å². The summed E-state index contributed by atoms with van der Waals surface area (Å²) in [4.78, 5) is 19.3. The first-order valence-electron chi connectivity index (χ1n) is 10.4. The van der Waals surface area contributed by atoms with Crippen LogP contribution >= 0.6 is 0 Å². The average molecular weight is 470 g/mol. The van der Waals surface area contributed by atoms with Crippen molar-refractivity contribution in [1.29, 1.82) is 0 Å². The van der Waals surface area contributed by atoms with Crippen LogP contribution in [0.25, 0.3) is 0 Å². The van der Waals surface area contributed by atoms with Gasteiger partial charge >= 0.3 is 18.1 Å². The predicted octanol–water partition coefficient (Wildman–Crippen LogP) is 4.64. The molecule has 0 saturated carbocycles. The number of fused-ring (bicyclic) bond motifs is 1. The monoisotopic (exact) mass is 470 g/mol. The second-order valence-corrected chi connectivity index (χ2v) is 7.58. The van der Waals surface area contributed by atoms with Crippen molar-refractivity contribution in [2.75, 3.05) is 18.4 Å². The van der Waals surface area contributed by atoms with Crippen molar-refractivity contribution in [1.82, 2.24) is 5.32 Å². The van der Waals surface area contributed by atoms with Crippen molar-refractivity contribution < 1.29 is 37.4 Å². The van der Waals surface area contributed by atoms with E-state index < -0.39 is 23.7 Å². The number of alkyl halides is 3. The van der Waals surface area contributed by atoms with Gasteiger partial charge in [0.15, 0.2) is 0 Å². The topological polar surface area (TPSA) is 98.7 Å². The number of nitrogens with one attached hydrogen (secondary N) is 2. The average Bonchev–Trinajstić information content (AvgIpc) is 2.98. The van der Waals surface area contributed by atoms with E-state index in [4.69, 9.17) is 10.2 Å². The molecule has 0 spiro atoms. The Labute approximate surface area is 188 Å². The summed E-state index contributed by atoms with van der Waals surface area (Å²) in [7, 11) is 0. The molecule has 0 saturated heterocycles. The zero-order valence-electron chi connectivity index (χ0n) is 18.0. The van der Waals surface area contributed by atoms with E-state index in [0.29, 0.717) is 24.9 Å². The van der Waals surface area contributed by atoms with Gasteiger partial charge in [0.1, 0.15) is 5.82 Å². The number of halogens is 4. The van der Waals surface area contributed by atoms with Gasteiger partial charge in [-0.2, -0.15) is 13.2 Å². The van der Waals surface area contributed by atoms with Crippen LogP contribution in [0.1, 0.15) is 48.1 Å². The second kappa shape index (κ2) is 11.6. The minimum atomic E-state index is -4.43. The molecule has 2 aromatic carbocycles. The standard InChI is InChI=1S/C19H20F4N2.C4H6O4/c1-12(13-2-5-15(20)6-3-13)25-18-16-9-11-24-10-8-14(16)4-7-17(18)19(21,22)23;5-3(6)1-2-4(7)8/h2-7,12,24-25H,8-11H2,1H3;1-2H2,(H,5,6)(H,7,8). The zero-order chi connectivity index (χ0) is 24.6.